The maximum absolute atomic E-state index is 13.2. The summed E-state index contributed by atoms with van der Waals surface area (Å²) < 4.78 is 15.8. The van der Waals surface area contributed by atoms with Crippen LogP contribution in [0.1, 0.15) is 17.4 Å². The summed E-state index contributed by atoms with van der Waals surface area (Å²) in [5, 5.41) is 14.7. The van der Waals surface area contributed by atoms with Gasteiger partial charge in [-0.2, -0.15) is 5.10 Å². The van der Waals surface area contributed by atoms with Gasteiger partial charge < -0.3 is 10.0 Å². The first-order valence-electron chi connectivity index (χ1n) is 6.76. The number of halogens is 2. The molecule has 2 aromatic rings. The van der Waals surface area contributed by atoms with Gasteiger partial charge in [-0.25, -0.2) is 4.39 Å². The molecule has 1 aromatic heterocycles. The minimum Gasteiger partial charge on any atom is -0.386 e. The zero-order valence-electron chi connectivity index (χ0n) is 12.1. The fourth-order valence-corrected chi connectivity index (χ4v) is 2.72. The summed E-state index contributed by atoms with van der Waals surface area (Å²) in [7, 11) is 3.97. The standard InChI is InChI=1S/C15H19BrFN3O/c1-19(2)6-7-20-15(13(16)10-18-20)14(21)9-11-4-3-5-12(17)8-11/h3-5,8,10,14,21H,6-7,9H2,1-2H3. The lowest BCUT2D eigenvalue weighted by atomic mass is 10.1. The van der Waals surface area contributed by atoms with Crippen LogP contribution in [-0.4, -0.2) is 40.4 Å². The van der Waals surface area contributed by atoms with Crippen molar-refractivity contribution in [3.63, 3.8) is 0 Å². The van der Waals surface area contributed by atoms with E-state index >= 15 is 0 Å². The van der Waals surface area contributed by atoms with Gasteiger partial charge in [0.05, 0.1) is 22.9 Å². The molecule has 0 aliphatic rings. The highest BCUT2D eigenvalue weighted by Gasteiger charge is 2.18. The maximum atomic E-state index is 13.2. The van der Waals surface area contributed by atoms with Gasteiger partial charge in [0, 0.05) is 13.0 Å². The molecule has 1 atom stereocenters. The predicted molar refractivity (Wildman–Crippen MR) is 83.5 cm³/mol. The summed E-state index contributed by atoms with van der Waals surface area (Å²) in [4.78, 5) is 2.05. The van der Waals surface area contributed by atoms with E-state index in [0.29, 0.717) is 13.0 Å². The molecule has 0 aliphatic carbocycles. The Morgan fingerprint density at radius 1 is 1.43 bits per heavy atom. The SMILES string of the molecule is CN(C)CCn1ncc(Br)c1C(O)Cc1cccc(F)c1. The van der Waals surface area contributed by atoms with Crippen LogP contribution < -0.4 is 0 Å². The molecule has 0 saturated heterocycles. The van der Waals surface area contributed by atoms with Crippen LogP contribution in [0.4, 0.5) is 4.39 Å². The molecule has 1 N–H and O–H groups in total. The Morgan fingerprint density at radius 2 is 2.19 bits per heavy atom. The quantitative estimate of drug-likeness (QED) is 0.865. The first-order valence-corrected chi connectivity index (χ1v) is 7.55. The van der Waals surface area contributed by atoms with Crippen molar-refractivity contribution < 1.29 is 9.50 Å². The maximum Gasteiger partial charge on any atom is 0.123 e. The number of nitrogens with zero attached hydrogens (tertiary/aromatic N) is 3. The summed E-state index contributed by atoms with van der Waals surface area (Å²) >= 11 is 3.42. The second kappa shape index (κ2) is 7.15. The molecule has 0 saturated carbocycles. The van der Waals surface area contributed by atoms with E-state index in [-0.39, 0.29) is 5.82 Å². The third-order valence-corrected chi connectivity index (χ3v) is 3.84. The Kier molecular flexibility index (Phi) is 5.50. The largest absolute Gasteiger partial charge is 0.386 e. The third-order valence-electron chi connectivity index (χ3n) is 3.23. The topological polar surface area (TPSA) is 41.3 Å². The monoisotopic (exact) mass is 355 g/mol. The van der Waals surface area contributed by atoms with Crippen molar-refractivity contribution >= 4 is 15.9 Å². The van der Waals surface area contributed by atoms with E-state index in [0.717, 1.165) is 22.3 Å². The number of rotatable bonds is 6. The molecule has 1 heterocycles. The van der Waals surface area contributed by atoms with E-state index in [9.17, 15) is 9.50 Å². The molecule has 0 spiro atoms. The predicted octanol–water partition coefficient (Wildman–Crippen LogP) is 2.62. The van der Waals surface area contributed by atoms with E-state index in [1.54, 1.807) is 23.0 Å². The van der Waals surface area contributed by atoms with Gasteiger partial charge >= 0.3 is 0 Å². The van der Waals surface area contributed by atoms with Crippen LogP contribution in [0.5, 0.6) is 0 Å². The van der Waals surface area contributed by atoms with E-state index < -0.39 is 6.10 Å². The number of benzene rings is 1. The van der Waals surface area contributed by atoms with Crippen LogP contribution >= 0.6 is 15.9 Å². The van der Waals surface area contributed by atoms with Crippen molar-refractivity contribution in [2.45, 2.75) is 19.1 Å². The average molecular weight is 356 g/mol. The zero-order chi connectivity index (χ0) is 15.4. The number of hydrogen-bond acceptors (Lipinski definition) is 3. The molecular weight excluding hydrogens is 337 g/mol. The molecule has 1 unspecified atom stereocenters. The Bertz CT molecular complexity index is 600. The first-order chi connectivity index (χ1) is 9.97. The van der Waals surface area contributed by atoms with Crippen LogP contribution in [0.15, 0.2) is 34.9 Å². The number of likely N-dealkylation sites (N-methyl/N-ethyl adjacent to an activating group) is 1. The van der Waals surface area contributed by atoms with E-state index in [2.05, 4.69) is 25.9 Å². The van der Waals surface area contributed by atoms with Crippen LogP contribution in [0.3, 0.4) is 0 Å². The second-order valence-electron chi connectivity index (χ2n) is 5.25. The van der Waals surface area contributed by atoms with E-state index in [1.165, 1.54) is 12.1 Å². The lowest BCUT2D eigenvalue weighted by molar-refractivity contribution is 0.164. The highest BCUT2D eigenvalue weighted by atomic mass is 79.9. The molecular formula is C15H19BrFN3O. The normalized spacial score (nSPS) is 12.9. The van der Waals surface area contributed by atoms with Crippen molar-refractivity contribution in [2.24, 2.45) is 0 Å². The van der Waals surface area contributed by atoms with E-state index in [4.69, 9.17) is 0 Å². The molecule has 0 aliphatic heterocycles. The van der Waals surface area contributed by atoms with Crippen molar-refractivity contribution in [1.29, 1.82) is 0 Å². The van der Waals surface area contributed by atoms with Gasteiger partial charge in [0.25, 0.3) is 0 Å². The van der Waals surface area contributed by atoms with Crippen molar-refractivity contribution in [1.82, 2.24) is 14.7 Å². The van der Waals surface area contributed by atoms with Crippen LogP contribution in [0.2, 0.25) is 0 Å². The fourth-order valence-electron chi connectivity index (χ4n) is 2.16. The highest BCUT2D eigenvalue weighted by Crippen LogP contribution is 2.26. The van der Waals surface area contributed by atoms with E-state index in [1.807, 2.05) is 14.1 Å². The molecule has 0 radical (unpaired) electrons. The summed E-state index contributed by atoms with van der Waals surface area (Å²) in [5.74, 6) is -0.292. The van der Waals surface area contributed by atoms with Crippen molar-refractivity contribution in [3.05, 3.63) is 52.0 Å². The number of aromatic nitrogens is 2. The first kappa shape index (κ1) is 16.1. The van der Waals surface area contributed by atoms with Gasteiger partial charge in [-0.05, 0) is 47.7 Å². The van der Waals surface area contributed by atoms with Gasteiger partial charge in [0.15, 0.2) is 0 Å². The number of aliphatic hydroxyl groups excluding tert-OH is 1. The van der Waals surface area contributed by atoms with Crippen LogP contribution in [0, 0.1) is 5.82 Å². The Hall–Kier alpha value is -1.24. The molecule has 21 heavy (non-hydrogen) atoms. The summed E-state index contributed by atoms with van der Waals surface area (Å²) in [6, 6.07) is 6.29. The summed E-state index contributed by atoms with van der Waals surface area (Å²) in [5.41, 5.74) is 1.48. The average Bonchev–Trinajstić information content (AvgIpc) is 2.77. The number of hydrogen-bond donors (Lipinski definition) is 1. The van der Waals surface area contributed by atoms with Gasteiger partial charge in [-0.3, -0.25) is 4.68 Å². The molecule has 0 bridgehead atoms. The molecule has 1 aromatic carbocycles. The summed E-state index contributed by atoms with van der Waals surface area (Å²) in [6.07, 6.45) is 1.30. The molecule has 6 heteroatoms. The minimum atomic E-state index is -0.731. The number of aliphatic hydroxyl groups is 1. The van der Waals surface area contributed by atoms with Gasteiger partial charge in [0.2, 0.25) is 0 Å². The molecule has 0 fully saturated rings. The van der Waals surface area contributed by atoms with Crippen molar-refractivity contribution in [3.8, 4) is 0 Å². The lowest BCUT2D eigenvalue weighted by Gasteiger charge is -2.16. The van der Waals surface area contributed by atoms with Gasteiger partial charge in [0.1, 0.15) is 11.9 Å². The third kappa shape index (κ3) is 4.36. The minimum absolute atomic E-state index is 0.292. The lowest BCUT2D eigenvalue weighted by Crippen LogP contribution is -2.21. The Morgan fingerprint density at radius 3 is 2.86 bits per heavy atom. The van der Waals surface area contributed by atoms with Gasteiger partial charge in [-0.15, -0.1) is 0 Å². The molecule has 0 amide bonds. The second-order valence-corrected chi connectivity index (χ2v) is 6.11. The summed E-state index contributed by atoms with van der Waals surface area (Å²) in [6.45, 7) is 1.52. The fraction of sp³-hybridized carbons (Fsp3) is 0.400. The zero-order valence-corrected chi connectivity index (χ0v) is 13.7. The van der Waals surface area contributed by atoms with Crippen LogP contribution in [0.25, 0.3) is 0 Å². The van der Waals surface area contributed by atoms with Crippen LogP contribution in [-0.2, 0) is 13.0 Å². The Balaban J connectivity index is 2.14. The smallest absolute Gasteiger partial charge is 0.123 e. The molecule has 114 valence electrons. The highest BCUT2D eigenvalue weighted by molar-refractivity contribution is 9.10. The molecule has 2 rings (SSSR count). The Labute approximate surface area is 132 Å². The van der Waals surface area contributed by atoms with Crippen molar-refractivity contribution in [2.75, 3.05) is 20.6 Å². The molecule has 4 nitrogen and oxygen atoms in total. The van der Waals surface area contributed by atoms with Gasteiger partial charge in [-0.1, -0.05) is 12.1 Å².